The summed E-state index contributed by atoms with van der Waals surface area (Å²) in [6, 6.07) is 11.0. The van der Waals surface area contributed by atoms with Gasteiger partial charge in [0.2, 0.25) is 0 Å². The predicted octanol–water partition coefficient (Wildman–Crippen LogP) is 3.86. The van der Waals surface area contributed by atoms with Crippen LogP contribution in [0, 0.1) is 24.1 Å². The Kier molecular flexibility index (Phi) is 7.69. The van der Waals surface area contributed by atoms with Crippen LogP contribution in [-0.4, -0.2) is 19.1 Å². The molecule has 2 rings (SSSR count). The van der Waals surface area contributed by atoms with Crippen LogP contribution in [0.15, 0.2) is 41.4 Å². The fourth-order valence-electron chi connectivity index (χ4n) is 2.49. The van der Waals surface area contributed by atoms with Gasteiger partial charge in [-0.1, -0.05) is 23.8 Å². The molecule has 0 aromatic heterocycles. The van der Waals surface area contributed by atoms with Crippen molar-refractivity contribution in [3.05, 3.63) is 64.5 Å². The minimum Gasteiger partial charge on any atom is -0.434 e. The summed E-state index contributed by atoms with van der Waals surface area (Å²) in [5.41, 5.74) is 2.03. The lowest BCUT2D eigenvalue weighted by Crippen LogP contribution is -2.37. The molecule has 0 aliphatic carbocycles. The SMILES string of the molecule is CCNC(=NCc1cc(C)ccc1OC(F)F)NCc1ccc(C#N)cc1F. The van der Waals surface area contributed by atoms with Gasteiger partial charge in [0, 0.05) is 24.2 Å². The molecule has 0 aliphatic rings. The monoisotopic (exact) mass is 390 g/mol. The number of benzene rings is 2. The zero-order chi connectivity index (χ0) is 20.5. The van der Waals surface area contributed by atoms with Crippen molar-refractivity contribution in [3.8, 4) is 11.8 Å². The highest BCUT2D eigenvalue weighted by Crippen LogP contribution is 2.23. The maximum absolute atomic E-state index is 14.0. The van der Waals surface area contributed by atoms with Gasteiger partial charge >= 0.3 is 6.61 Å². The topological polar surface area (TPSA) is 69.4 Å². The van der Waals surface area contributed by atoms with Crippen LogP contribution in [0.1, 0.15) is 29.2 Å². The number of hydrogen-bond acceptors (Lipinski definition) is 3. The molecule has 0 bridgehead atoms. The number of nitriles is 1. The second-order valence-corrected chi connectivity index (χ2v) is 5.96. The maximum Gasteiger partial charge on any atom is 0.387 e. The maximum atomic E-state index is 14.0. The summed E-state index contributed by atoms with van der Waals surface area (Å²) in [4.78, 5) is 4.37. The van der Waals surface area contributed by atoms with Crippen molar-refractivity contribution in [2.45, 2.75) is 33.5 Å². The Morgan fingerprint density at radius 3 is 2.61 bits per heavy atom. The summed E-state index contributed by atoms with van der Waals surface area (Å²) in [5.74, 6) is -0.0252. The Morgan fingerprint density at radius 2 is 1.96 bits per heavy atom. The summed E-state index contributed by atoms with van der Waals surface area (Å²) < 4.78 is 43.7. The minimum atomic E-state index is -2.92. The molecule has 0 saturated carbocycles. The summed E-state index contributed by atoms with van der Waals surface area (Å²) in [7, 11) is 0. The fourth-order valence-corrected chi connectivity index (χ4v) is 2.49. The van der Waals surface area contributed by atoms with Gasteiger partial charge in [0.15, 0.2) is 5.96 Å². The number of nitrogens with one attached hydrogen (secondary N) is 2. The Bertz CT molecular complexity index is 878. The lowest BCUT2D eigenvalue weighted by molar-refractivity contribution is -0.0504. The number of ether oxygens (including phenoxy) is 1. The normalized spacial score (nSPS) is 11.2. The number of aliphatic imine (C=N–C) groups is 1. The van der Waals surface area contributed by atoms with Crippen molar-refractivity contribution in [1.82, 2.24) is 10.6 Å². The first-order chi connectivity index (χ1) is 13.4. The largest absolute Gasteiger partial charge is 0.434 e. The first kappa shape index (κ1) is 21.1. The molecule has 0 unspecified atom stereocenters. The van der Waals surface area contributed by atoms with E-state index in [4.69, 9.17) is 5.26 Å². The van der Waals surface area contributed by atoms with Gasteiger partial charge in [-0.15, -0.1) is 0 Å². The highest BCUT2D eigenvalue weighted by atomic mass is 19.3. The molecule has 2 N–H and O–H groups in total. The van der Waals surface area contributed by atoms with Gasteiger partial charge in [0.1, 0.15) is 11.6 Å². The van der Waals surface area contributed by atoms with E-state index < -0.39 is 12.4 Å². The van der Waals surface area contributed by atoms with Crippen molar-refractivity contribution in [1.29, 1.82) is 5.26 Å². The van der Waals surface area contributed by atoms with Gasteiger partial charge in [-0.3, -0.25) is 0 Å². The molecule has 0 aliphatic heterocycles. The first-order valence-electron chi connectivity index (χ1n) is 8.68. The number of alkyl halides is 2. The van der Waals surface area contributed by atoms with E-state index in [1.165, 1.54) is 24.3 Å². The molecule has 5 nitrogen and oxygen atoms in total. The number of guanidine groups is 1. The molecule has 2 aromatic rings. The van der Waals surface area contributed by atoms with E-state index >= 15 is 0 Å². The highest BCUT2D eigenvalue weighted by Gasteiger charge is 2.10. The van der Waals surface area contributed by atoms with Crippen LogP contribution in [0.2, 0.25) is 0 Å². The van der Waals surface area contributed by atoms with Crippen LogP contribution in [0.3, 0.4) is 0 Å². The standard InChI is InChI=1S/C20H21F3N4O/c1-3-25-20(26-11-15-6-5-14(10-24)9-17(15)21)27-12-16-8-13(2)4-7-18(16)28-19(22)23/h4-9,19H,3,11-12H2,1-2H3,(H2,25,26,27). The van der Waals surface area contributed by atoms with Crippen molar-refractivity contribution in [3.63, 3.8) is 0 Å². The molecule has 0 amide bonds. The van der Waals surface area contributed by atoms with E-state index in [0.29, 0.717) is 23.6 Å². The van der Waals surface area contributed by atoms with E-state index in [1.54, 1.807) is 12.1 Å². The molecular weight excluding hydrogens is 369 g/mol. The fraction of sp³-hybridized carbons (Fsp3) is 0.300. The van der Waals surface area contributed by atoms with E-state index in [1.807, 2.05) is 19.9 Å². The van der Waals surface area contributed by atoms with Crippen molar-refractivity contribution < 1.29 is 17.9 Å². The number of hydrogen-bond donors (Lipinski definition) is 2. The molecule has 28 heavy (non-hydrogen) atoms. The first-order valence-corrected chi connectivity index (χ1v) is 8.68. The van der Waals surface area contributed by atoms with Crippen molar-refractivity contribution >= 4 is 5.96 Å². The number of rotatable bonds is 7. The summed E-state index contributed by atoms with van der Waals surface area (Å²) in [6.07, 6.45) is 0. The van der Waals surface area contributed by atoms with Gasteiger partial charge in [-0.25, -0.2) is 9.38 Å². The minimum absolute atomic E-state index is 0.0679. The molecule has 2 aromatic carbocycles. The van der Waals surface area contributed by atoms with Crippen molar-refractivity contribution in [2.75, 3.05) is 6.54 Å². The van der Waals surface area contributed by atoms with Gasteiger partial charge in [-0.05, 0) is 32.0 Å². The highest BCUT2D eigenvalue weighted by molar-refractivity contribution is 5.79. The smallest absolute Gasteiger partial charge is 0.387 e. The molecule has 0 spiro atoms. The zero-order valence-corrected chi connectivity index (χ0v) is 15.6. The van der Waals surface area contributed by atoms with Gasteiger partial charge in [0.05, 0.1) is 18.2 Å². The second-order valence-electron chi connectivity index (χ2n) is 5.96. The molecule has 0 fully saturated rings. The molecule has 0 saturated heterocycles. The van der Waals surface area contributed by atoms with Crippen molar-refractivity contribution in [2.24, 2.45) is 4.99 Å². The molecular formula is C20H21F3N4O. The predicted molar refractivity (Wildman–Crippen MR) is 101 cm³/mol. The van der Waals surface area contributed by atoms with Crippen LogP contribution < -0.4 is 15.4 Å². The Labute approximate surface area is 161 Å². The van der Waals surface area contributed by atoms with Crippen LogP contribution >= 0.6 is 0 Å². The summed E-state index contributed by atoms with van der Waals surface area (Å²) >= 11 is 0. The van der Waals surface area contributed by atoms with Crippen LogP contribution in [0.5, 0.6) is 5.75 Å². The average molecular weight is 390 g/mol. The summed E-state index contributed by atoms with van der Waals surface area (Å²) in [5, 5.41) is 14.8. The van der Waals surface area contributed by atoms with Crippen LogP contribution in [0.25, 0.3) is 0 Å². The van der Waals surface area contributed by atoms with Crippen LogP contribution in [-0.2, 0) is 13.1 Å². The van der Waals surface area contributed by atoms with E-state index in [-0.39, 0.29) is 24.4 Å². The van der Waals surface area contributed by atoms with E-state index in [0.717, 1.165) is 5.56 Å². The van der Waals surface area contributed by atoms with Gasteiger partial charge in [0.25, 0.3) is 0 Å². The Hall–Kier alpha value is -3.21. The molecule has 0 heterocycles. The van der Waals surface area contributed by atoms with Gasteiger partial charge < -0.3 is 15.4 Å². The third-order valence-electron chi connectivity index (χ3n) is 3.81. The average Bonchev–Trinajstić information content (AvgIpc) is 2.66. The third kappa shape index (κ3) is 6.20. The zero-order valence-electron chi connectivity index (χ0n) is 15.6. The van der Waals surface area contributed by atoms with E-state index in [9.17, 15) is 13.2 Å². The molecule has 0 radical (unpaired) electrons. The van der Waals surface area contributed by atoms with Gasteiger partial charge in [-0.2, -0.15) is 14.0 Å². The van der Waals surface area contributed by atoms with Crippen LogP contribution in [0.4, 0.5) is 13.2 Å². The Balaban J connectivity index is 2.13. The molecule has 0 atom stereocenters. The Morgan fingerprint density at radius 1 is 1.18 bits per heavy atom. The number of nitrogens with zero attached hydrogens (tertiary/aromatic N) is 2. The molecule has 148 valence electrons. The summed E-state index contributed by atoms with van der Waals surface area (Å²) in [6.45, 7) is 1.62. The quantitative estimate of drug-likeness (QED) is 0.556. The second kappa shape index (κ2) is 10.2. The lowest BCUT2D eigenvalue weighted by Gasteiger charge is -2.13. The lowest BCUT2D eigenvalue weighted by atomic mass is 10.1. The third-order valence-corrected chi connectivity index (χ3v) is 3.81. The number of aryl methyl sites for hydroxylation is 1. The molecule has 8 heteroatoms. The number of halogens is 3. The van der Waals surface area contributed by atoms with E-state index in [2.05, 4.69) is 20.4 Å².